The molecule has 0 aromatic carbocycles. The molecular weight excluding hydrogens is 803 g/mol. The van der Waals surface area contributed by atoms with Crippen LogP contribution in [0, 0.1) is 0 Å². The van der Waals surface area contributed by atoms with Gasteiger partial charge in [0, 0.05) is 12.8 Å². The van der Waals surface area contributed by atoms with E-state index in [0.29, 0.717) is 12.8 Å². The minimum Gasteiger partial charge on any atom is -0.462 e. The van der Waals surface area contributed by atoms with Gasteiger partial charge in [-0.2, -0.15) is 0 Å². The number of phosphoric acid groups is 1. The lowest BCUT2D eigenvalue weighted by Gasteiger charge is -2.41. The molecule has 1 aliphatic carbocycles. The van der Waals surface area contributed by atoms with E-state index in [4.69, 9.17) is 18.5 Å². The first kappa shape index (κ1) is 57.1. The predicted molar refractivity (Wildman–Crippen MR) is 240 cm³/mol. The van der Waals surface area contributed by atoms with Gasteiger partial charge in [-0.1, -0.05) is 147 Å². The fourth-order valence-electron chi connectivity index (χ4n) is 7.08. The molecule has 0 saturated heterocycles. The number of phosphoric ester groups is 1. The highest BCUT2D eigenvalue weighted by atomic mass is 31.2. The number of carbonyl (C=O) groups is 2. The summed E-state index contributed by atoms with van der Waals surface area (Å²) in [6.07, 6.45) is 29.1. The van der Waals surface area contributed by atoms with Crippen molar-refractivity contribution in [3.63, 3.8) is 0 Å². The lowest BCUT2D eigenvalue weighted by molar-refractivity contribution is -0.220. The van der Waals surface area contributed by atoms with Crippen molar-refractivity contribution in [1.82, 2.24) is 0 Å². The number of unbranched alkanes of at least 4 members (excludes halogenated alkanes) is 21. The maximum Gasteiger partial charge on any atom is 0.472 e. The molecule has 0 amide bonds. The molecule has 0 aromatic rings. The number of aliphatic hydroxyl groups is 5. The van der Waals surface area contributed by atoms with E-state index in [1.54, 1.807) is 0 Å². The third kappa shape index (κ3) is 30.0. The van der Waals surface area contributed by atoms with Crippen LogP contribution in [0.25, 0.3) is 0 Å². The summed E-state index contributed by atoms with van der Waals surface area (Å²) in [7, 11) is -5.12. The normalized spacial score (nSPS) is 22.3. The zero-order valence-electron chi connectivity index (χ0n) is 37.7. The maximum atomic E-state index is 12.8. The molecule has 1 fully saturated rings. The highest BCUT2D eigenvalue weighted by Crippen LogP contribution is 2.47. The monoisotopic (exact) mass is 889 g/mol. The molecular formula is C47H85O13P. The van der Waals surface area contributed by atoms with Gasteiger partial charge in [0.15, 0.2) is 6.10 Å². The summed E-state index contributed by atoms with van der Waals surface area (Å²) in [6.45, 7) is 3.26. The van der Waals surface area contributed by atoms with Crippen LogP contribution < -0.4 is 0 Å². The second-order valence-corrected chi connectivity index (χ2v) is 18.0. The van der Waals surface area contributed by atoms with E-state index >= 15 is 0 Å². The predicted octanol–water partition coefficient (Wildman–Crippen LogP) is 9.39. The van der Waals surface area contributed by atoms with E-state index in [0.717, 1.165) is 77.0 Å². The highest BCUT2D eigenvalue weighted by molar-refractivity contribution is 7.47. The van der Waals surface area contributed by atoms with E-state index in [-0.39, 0.29) is 12.8 Å². The molecule has 0 bridgehead atoms. The SMILES string of the molecule is CCCCC/C=C/C/C=C/CCCCCCCC(=O)O[C@@H](COC(=O)CCCCCCCCC/C=C/CCCCCCCC)COP(=O)(O)OC1C(O)C(O)C(O)[C@H](O)C1O. The fraction of sp³-hybridized carbons (Fsp3) is 0.830. The number of allylic oxidation sites excluding steroid dienone is 6. The van der Waals surface area contributed by atoms with Gasteiger partial charge in [-0.3, -0.25) is 18.6 Å². The summed E-state index contributed by atoms with van der Waals surface area (Å²) in [5, 5.41) is 50.2. The van der Waals surface area contributed by atoms with Crippen LogP contribution in [0.1, 0.15) is 194 Å². The van der Waals surface area contributed by atoms with Crippen molar-refractivity contribution >= 4 is 19.8 Å². The van der Waals surface area contributed by atoms with Gasteiger partial charge in [0.05, 0.1) is 6.61 Å². The Balaban J connectivity index is 2.45. The number of carbonyl (C=O) groups excluding carboxylic acids is 2. The molecule has 0 radical (unpaired) electrons. The van der Waals surface area contributed by atoms with Crippen LogP contribution >= 0.6 is 7.82 Å². The van der Waals surface area contributed by atoms with Crippen LogP contribution in [-0.2, 0) is 32.7 Å². The number of aliphatic hydroxyl groups excluding tert-OH is 5. The smallest absolute Gasteiger partial charge is 0.462 e. The number of ether oxygens (including phenoxy) is 2. The number of rotatable bonds is 39. The lowest BCUT2D eigenvalue weighted by Crippen LogP contribution is -2.64. The zero-order chi connectivity index (χ0) is 45.0. The molecule has 0 heterocycles. The molecule has 6 unspecified atom stereocenters. The molecule has 0 spiro atoms. The molecule has 0 aromatic heterocycles. The van der Waals surface area contributed by atoms with Gasteiger partial charge in [-0.05, 0) is 70.6 Å². The van der Waals surface area contributed by atoms with Crippen LogP contribution in [0.3, 0.4) is 0 Å². The average Bonchev–Trinajstić information content (AvgIpc) is 3.24. The first-order valence-electron chi connectivity index (χ1n) is 23.8. The first-order valence-corrected chi connectivity index (χ1v) is 25.3. The zero-order valence-corrected chi connectivity index (χ0v) is 38.6. The molecule has 13 nitrogen and oxygen atoms in total. The molecule has 356 valence electrons. The minimum absolute atomic E-state index is 0.0801. The molecule has 6 N–H and O–H groups in total. The summed E-state index contributed by atoms with van der Waals surface area (Å²) in [4.78, 5) is 35.7. The lowest BCUT2D eigenvalue weighted by atomic mass is 9.85. The van der Waals surface area contributed by atoms with E-state index in [1.165, 1.54) is 77.0 Å². The third-order valence-corrected chi connectivity index (χ3v) is 11.9. The van der Waals surface area contributed by atoms with Gasteiger partial charge in [-0.15, -0.1) is 0 Å². The standard InChI is InChI=1S/C47H85O13P/c1-3-5-7-9-11-13-15-17-19-20-22-23-25-27-29-31-33-35-40(48)57-37-39(38-58-61(55,56)60-47-45(53)43(51)42(50)44(52)46(47)54)59-41(49)36-34-32-30-28-26-24-21-18-16-14-12-10-8-6-4-2/h12,14,17-19,21,39,42-47,50-54H,3-11,13,15-16,20,22-38H2,1-2H3,(H,55,56)/b14-12+,19-17+,21-18+/t39-,42?,43-,44?,45?,46?,47?/m0/s1. The number of hydrogen-bond donors (Lipinski definition) is 6. The van der Waals surface area contributed by atoms with Crippen LogP contribution in [-0.4, -0.2) is 98.3 Å². The Morgan fingerprint density at radius 2 is 0.885 bits per heavy atom. The average molecular weight is 889 g/mol. The van der Waals surface area contributed by atoms with Crippen molar-refractivity contribution < 1.29 is 63.1 Å². The summed E-state index contributed by atoms with van der Waals surface area (Å²) >= 11 is 0. The van der Waals surface area contributed by atoms with E-state index in [1.807, 2.05) is 0 Å². The van der Waals surface area contributed by atoms with Crippen molar-refractivity contribution in [2.75, 3.05) is 13.2 Å². The van der Waals surface area contributed by atoms with Crippen LogP contribution in [0.5, 0.6) is 0 Å². The summed E-state index contributed by atoms with van der Waals surface area (Å²) in [5.41, 5.74) is 0. The summed E-state index contributed by atoms with van der Waals surface area (Å²) in [5.74, 6) is -1.12. The van der Waals surface area contributed by atoms with Gasteiger partial charge in [-0.25, -0.2) is 4.57 Å². The Morgan fingerprint density at radius 1 is 0.508 bits per heavy atom. The number of esters is 2. The first-order chi connectivity index (χ1) is 29.4. The van der Waals surface area contributed by atoms with Gasteiger partial charge >= 0.3 is 19.8 Å². The quantitative estimate of drug-likeness (QED) is 0.0147. The Labute approximate surface area is 368 Å². The minimum atomic E-state index is -5.12. The Kier molecular flexibility index (Phi) is 35.0. The van der Waals surface area contributed by atoms with Gasteiger partial charge in [0.2, 0.25) is 0 Å². The van der Waals surface area contributed by atoms with Crippen LogP contribution in [0.4, 0.5) is 0 Å². The summed E-state index contributed by atoms with van der Waals surface area (Å²) < 4.78 is 33.5. The molecule has 8 atom stereocenters. The molecule has 61 heavy (non-hydrogen) atoms. The van der Waals surface area contributed by atoms with Gasteiger partial charge in [0.1, 0.15) is 43.2 Å². The molecule has 1 rings (SSSR count). The second kappa shape index (κ2) is 37.4. The third-order valence-electron chi connectivity index (χ3n) is 11.0. The van der Waals surface area contributed by atoms with Crippen molar-refractivity contribution in [3.8, 4) is 0 Å². The topological polar surface area (TPSA) is 210 Å². The van der Waals surface area contributed by atoms with Crippen LogP contribution in [0.15, 0.2) is 36.5 Å². The van der Waals surface area contributed by atoms with Crippen molar-refractivity contribution in [3.05, 3.63) is 36.5 Å². The van der Waals surface area contributed by atoms with E-state index in [9.17, 15) is 44.6 Å². The Bertz CT molecular complexity index is 1210. The van der Waals surface area contributed by atoms with Gasteiger partial charge < -0.3 is 39.9 Å². The Morgan fingerprint density at radius 3 is 1.38 bits per heavy atom. The molecule has 1 aliphatic rings. The molecule has 14 heteroatoms. The highest BCUT2D eigenvalue weighted by Gasteiger charge is 2.51. The second-order valence-electron chi connectivity index (χ2n) is 16.6. The largest absolute Gasteiger partial charge is 0.472 e. The van der Waals surface area contributed by atoms with Crippen LogP contribution in [0.2, 0.25) is 0 Å². The van der Waals surface area contributed by atoms with E-state index in [2.05, 4.69) is 50.3 Å². The van der Waals surface area contributed by atoms with Gasteiger partial charge in [0.25, 0.3) is 0 Å². The summed E-state index contributed by atoms with van der Waals surface area (Å²) in [6, 6.07) is 0. The van der Waals surface area contributed by atoms with Crippen molar-refractivity contribution in [2.24, 2.45) is 0 Å². The maximum absolute atomic E-state index is 12.8. The van der Waals surface area contributed by atoms with Crippen molar-refractivity contribution in [2.45, 2.75) is 236 Å². The van der Waals surface area contributed by atoms with Crippen molar-refractivity contribution in [1.29, 1.82) is 0 Å². The molecule has 0 aliphatic heterocycles. The Hall–Kier alpha value is -1.93. The molecule has 1 saturated carbocycles. The van der Waals surface area contributed by atoms with E-state index < -0.39 is 75.7 Å². The fourth-order valence-corrected chi connectivity index (χ4v) is 8.05. The number of hydrogen-bond acceptors (Lipinski definition) is 12.